The van der Waals surface area contributed by atoms with E-state index in [-0.39, 0.29) is 0 Å². The Morgan fingerprint density at radius 3 is 2.62 bits per heavy atom. The van der Waals surface area contributed by atoms with Crippen LogP contribution < -0.4 is 9.47 Å². The van der Waals surface area contributed by atoms with Crippen LogP contribution in [-0.2, 0) is 5.88 Å². The van der Waals surface area contributed by atoms with E-state index >= 15 is 0 Å². The van der Waals surface area contributed by atoms with Crippen LogP contribution in [0.15, 0.2) is 18.2 Å². The van der Waals surface area contributed by atoms with Gasteiger partial charge in [0, 0.05) is 5.88 Å². The highest BCUT2D eigenvalue weighted by molar-refractivity contribution is 6.17. The quantitative estimate of drug-likeness (QED) is 0.747. The molecule has 0 bridgehead atoms. The zero-order valence-electron chi connectivity index (χ0n) is 9.54. The second-order valence-corrected chi connectivity index (χ2v) is 4.41. The summed E-state index contributed by atoms with van der Waals surface area (Å²) in [6.07, 6.45) is 5.20. The second-order valence-electron chi connectivity index (χ2n) is 4.14. The molecule has 0 unspecified atom stereocenters. The molecule has 0 radical (unpaired) electrons. The molecule has 0 aromatic heterocycles. The zero-order valence-corrected chi connectivity index (χ0v) is 10.3. The molecule has 3 heteroatoms. The number of ether oxygens (including phenoxy) is 2. The maximum Gasteiger partial charge on any atom is 0.161 e. The maximum absolute atomic E-state index is 5.93. The Morgan fingerprint density at radius 2 is 2.00 bits per heavy atom. The molecular weight excluding hydrogens is 224 g/mol. The number of hydrogen-bond donors (Lipinski definition) is 0. The third-order valence-electron chi connectivity index (χ3n) is 2.98. The largest absolute Gasteiger partial charge is 0.493 e. The first kappa shape index (κ1) is 11.6. The number of halogens is 1. The van der Waals surface area contributed by atoms with Gasteiger partial charge in [-0.1, -0.05) is 6.07 Å². The Morgan fingerprint density at radius 1 is 1.25 bits per heavy atom. The molecule has 0 spiro atoms. The van der Waals surface area contributed by atoms with Crippen molar-refractivity contribution in [1.29, 1.82) is 0 Å². The van der Waals surface area contributed by atoms with Crippen molar-refractivity contribution in [2.75, 3.05) is 7.11 Å². The van der Waals surface area contributed by atoms with Crippen LogP contribution in [0, 0.1) is 0 Å². The highest BCUT2D eigenvalue weighted by Crippen LogP contribution is 2.32. The first-order valence-corrected chi connectivity index (χ1v) is 6.26. The van der Waals surface area contributed by atoms with Gasteiger partial charge in [-0.2, -0.15) is 0 Å². The van der Waals surface area contributed by atoms with Gasteiger partial charge < -0.3 is 9.47 Å². The molecule has 0 heterocycles. The van der Waals surface area contributed by atoms with Crippen molar-refractivity contribution in [2.45, 2.75) is 37.7 Å². The Kier molecular flexibility index (Phi) is 3.94. The molecule has 0 aliphatic heterocycles. The van der Waals surface area contributed by atoms with Gasteiger partial charge in [-0.25, -0.2) is 0 Å². The number of rotatable bonds is 4. The molecule has 1 aromatic rings. The normalized spacial score (nSPS) is 16.4. The molecule has 16 heavy (non-hydrogen) atoms. The topological polar surface area (TPSA) is 18.5 Å². The van der Waals surface area contributed by atoms with E-state index in [1.54, 1.807) is 7.11 Å². The van der Waals surface area contributed by atoms with Crippen molar-refractivity contribution in [3.05, 3.63) is 23.8 Å². The standard InChI is InChI=1S/C13H17ClO2/c1-15-13-8-10(9-14)6-7-12(13)16-11-4-2-3-5-11/h6-8,11H,2-5,9H2,1H3. The number of alkyl halides is 1. The fourth-order valence-corrected chi connectivity index (χ4v) is 2.24. The molecule has 0 amide bonds. The predicted octanol–water partition coefficient (Wildman–Crippen LogP) is 3.76. The Balaban J connectivity index is 2.12. The summed E-state index contributed by atoms with van der Waals surface area (Å²) in [7, 11) is 1.66. The molecule has 1 saturated carbocycles. The fourth-order valence-electron chi connectivity index (χ4n) is 2.08. The van der Waals surface area contributed by atoms with E-state index in [9.17, 15) is 0 Å². The Bertz CT molecular complexity index is 346. The van der Waals surface area contributed by atoms with Crippen molar-refractivity contribution in [2.24, 2.45) is 0 Å². The maximum atomic E-state index is 5.93. The molecule has 1 aliphatic rings. The molecule has 2 rings (SSSR count). The van der Waals surface area contributed by atoms with Crippen molar-refractivity contribution >= 4 is 11.6 Å². The van der Waals surface area contributed by atoms with Crippen LogP contribution in [0.2, 0.25) is 0 Å². The second kappa shape index (κ2) is 5.44. The summed E-state index contributed by atoms with van der Waals surface area (Å²) in [5, 5.41) is 0. The van der Waals surface area contributed by atoms with Crippen LogP contribution in [0.3, 0.4) is 0 Å². The van der Waals surface area contributed by atoms with E-state index in [4.69, 9.17) is 21.1 Å². The number of methoxy groups -OCH3 is 1. The Hall–Kier alpha value is -0.890. The van der Waals surface area contributed by atoms with Crippen molar-refractivity contribution in [3.8, 4) is 11.5 Å². The molecule has 0 saturated heterocycles. The van der Waals surface area contributed by atoms with Crippen molar-refractivity contribution < 1.29 is 9.47 Å². The molecule has 0 atom stereocenters. The van der Waals surface area contributed by atoms with Crippen LogP contribution in [0.25, 0.3) is 0 Å². The Labute approximate surface area is 102 Å². The monoisotopic (exact) mass is 240 g/mol. The van der Waals surface area contributed by atoms with Gasteiger partial charge in [-0.15, -0.1) is 11.6 Å². The summed E-state index contributed by atoms with van der Waals surface area (Å²) in [4.78, 5) is 0. The lowest BCUT2D eigenvalue weighted by atomic mass is 10.2. The molecule has 1 fully saturated rings. The van der Waals surface area contributed by atoms with Gasteiger partial charge in [0.2, 0.25) is 0 Å². The van der Waals surface area contributed by atoms with Gasteiger partial charge in [0.1, 0.15) is 0 Å². The summed E-state index contributed by atoms with van der Waals surface area (Å²) in [5.74, 6) is 2.12. The third-order valence-corrected chi connectivity index (χ3v) is 3.29. The summed E-state index contributed by atoms with van der Waals surface area (Å²) in [6.45, 7) is 0. The summed E-state index contributed by atoms with van der Waals surface area (Å²) < 4.78 is 11.2. The van der Waals surface area contributed by atoms with Crippen LogP contribution in [0.1, 0.15) is 31.2 Å². The smallest absolute Gasteiger partial charge is 0.161 e. The van der Waals surface area contributed by atoms with E-state index in [0.29, 0.717) is 12.0 Å². The minimum absolute atomic E-state index is 0.357. The third kappa shape index (κ3) is 2.62. The highest BCUT2D eigenvalue weighted by Gasteiger charge is 2.18. The van der Waals surface area contributed by atoms with E-state index in [1.165, 1.54) is 12.8 Å². The molecule has 2 nitrogen and oxygen atoms in total. The van der Waals surface area contributed by atoms with Crippen LogP contribution in [-0.4, -0.2) is 13.2 Å². The molecule has 1 aliphatic carbocycles. The molecule has 88 valence electrons. The van der Waals surface area contributed by atoms with Gasteiger partial charge in [0.05, 0.1) is 13.2 Å². The lowest BCUT2D eigenvalue weighted by Gasteiger charge is -2.16. The molecule has 0 N–H and O–H groups in total. The van der Waals surface area contributed by atoms with E-state index in [2.05, 4.69) is 0 Å². The minimum Gasteiger partial charge on any atom is -0.493 e. The lowest BCUT2D eigenvalue weighted by molar-refractivity contribution is 0.200. The van der Waals surface area contributed by atoms with Crippen LogP contribution in [0.5, 0.6) is 11.5 Å². The first-order valence-electron chi connectivity index (χ1n) is 5.73. The van der Waals surface area contributed by atoms with Gasteiger partial charge in [-0.3, -0.25) is 0 Å². The van der Waals surface area contributed by atoms with Gasteiger partial charge in [0.15, 0.2) is 11.5 Å². The summed E-state index contributed by atoms with van der Waals surface area (Å²) in [5.41, 5.74) is 1.05. The minimum atomic E-state index is 0.357. The lowest BCUT2D eigenvalue weighted by Crippen LogP contribution is -2.11. The van der Waals surface area contributed by atoms with E-state index in [0.717, 1.165) is 29.9 Å². The van der Waals surface area contributed by atoms with Crippen molar-refractivity contribution in [3.63, 3.8) is 0 Å². The first-order chi connectivity index (χ1) is 7.83. The summed E-state index contributed by atoms with van der Waals surface area (Å²) >= 11 is 5.78. The number of benzene rings is 1. The van der Waals surface area contributed by atoms with E-state index in [1.807, 2.05) is 18.2 Å². The van der Waals surface area contributed by atoms with Gasteiger partial charge in [-0.05, 0) is 43.4 Å². The zero-order chi connectivity index (χ0) is 11.4. The molecular formula is C13H17ClO2. The molecule has 1 aromatic carbocycles. The highest BCUT2D eigenvalue weighted by atomic mass is 35.5. The fraction of sp³-hybridized carbons (Fsp3) is 0.538. The predicted molar refractivity (Wildman–Crippen MR) is 65.4 cm³/mol. The summed E-state index contributed by atoms with van der Waals surface area (Å²) in [6, 6.07) is 5.88. The number of hydrogen-bond acceptors (Lipinski definition) is 2. The van der Waals surface area contributed by atoms with Gasteiger partial charge in [0.25, 0.3) is 0 Å². The van der Waals surface area contributed by atoms with Crippen LogP contribution in [0.4, 0.5) is 0 Å². The SMILES string of the molecule is COc1cc(CCl)ccc1OC1CCCC1. The average molecular weight is 241 g/mol. The van der Waals surface area contributed by atoms with E-state index < -0.39 is 0 Å². The average Bonchev–Trinajstić information content (AvgIpc) is 2.82. The van der Waals surface area contributed by atoms with Crippen LogP contribution >= 0.6 is 11.6 Å². The van der Waals surface area contributed by atoms with Crippen molar-refractivity contribution in [1.82, 2.24) is 0 Å². The van der Waals surface area contributed by atoms with Gasteiger partial charge >= 0.3 is 0 Å².